The van der Waals surface area contributed by atoms with Crippen LogP contribution in [-0.2, 0) is 4.74 Å². The van der Waals surface area contributed by atoms with Crippen molar-refractivity contribution in [3.05, 3.63) is 41.6 Å². The zero-order valence-electron chi connectivity index (χ0n) is 23.4. The molecule has 0 aromatic heterocycles. The van der Waals surface area contributed by atoms with Crippen LogP contribution in [0.15, 0.2) is 41.0 Å². The second-order valence-corrected chi connectivity index (χ2v) is 11.1. The zero-order chi connectivity index (χ0) is 25.1. The fraction of sp³-hybridized carbons (Fsp3) is 0.727. The first-order valence-corrected chi connectivity index (χ1v) is 15.5. The molecule has 3 heteroatoms. The molecule has 0 amide bonds. The Labute approximate surface area is 222 Å². The normalized spacial score (nSPS) is 19.0. The fourth-order valence-electron chi connectivity index (χ4n) is 5.75. The number of hydrogen-bond acceptors (Lipinski definition) is 3. The second-order valence-electron chi connectivity index (χ2n) is 11.1. The first-order chi connectivity index (χ1) is 17.9. The number of likely N-dealkylation sites (tertiary alicyclic amines) is 1. The van der Waals surface area contributed by atoms with E-state index in [1.54, 1.807) is 0 Å². The quantitative estimate of drug-likeness (QED) is 0.179. The molecule has 0 N–H and O–H groups in total. The smallest absolute Gasteiger partial charge is 0.187 e. The van der Waals surface area contributed by atoms with Crippen molar-refractivity contribution in [3.63, 3.8) is 0 Å². The first-order valence-electron chi connectivity index (χ1n) is 15.5. The van der Waals surface area contributed by atoms with E-state index in [0.29, 0.717) is 5.92 Å². The molecule has 1 fully saturated rings. The van der Waals surface area contributed by atoms with E-state index in [-0.39, 0.29) is 0 Å². The Morgan fingerprint density at radius 2 is 1.39 bits per heavy atom. The van der Waals surface area contributed by atoms with Gasteiger partial charge in [-0.1, -0.05) is 134 Å². The van der Waals surface area contributed by atoms with E-state index >= 15 is 0 Å². The summed E-state index contributed by atoms with van der Waals surface area (Å²) in [4.78, 5) is 7.26. The summed E-state index contributed by atoms with van der Waals surface area (Å²) in [5, 5.41) is 0. The summed E-state index contributed by atoms with van der Waals surface area (Å²) in [7, 11) is 0. The van der Waals surface area contributed by atoms with Crippen LogP contribution >= 0.6 is 0 Å². The number of benzene rings is 1. The number of unbranched alkanes of at least 4 members (excludes halogenated alkanes) is 15. The molecule has 36 heavy (non-hydrogen) atoms. The molecule has 202 valence electrons. The minimum Gasteiger partial charge on any atom is -0.479 e. The Hall–Kier alpha value is -1.77. The minimum absolute atomic E-state index is 0.463. The number of allylic oxidation sites excluding steroid dienone is 1. The third-order valence-corrected chi connectivity index (χ3v) is 7.98. The van der Waals surface area contributed by atoms with Crippen LogP contribution in [0.2, 0.25) is 0 Å². The lowest BCUT2D eigenvalue weighted by molar-refractivity contribution is 0.242. The van der Waals surface area contributed by atoms with Crippen LogP contribution in [0.25, 0.3) is 6.08 Å². The van der Waals surface area contributed by atoms with Gasteiger partial charge < -0.3 is 9.64 Å². The van der Waals surface area contributed by atoms with Gasteiger partial charge in [-0.25, -0.2) is 0 Å². The van der Waals surface area contributed by atoms with Crippen LogP contribution in [0.1, 0.15) is 128 Å². The largest absolute Gasteiger partial charge is 0.479 e. The summed E-state index contributed by atoms with van der Waals surface area (Å²) in [6.45, 7) is 6.23. The highest BCUT2D eigenvalue weighted by atomic mass is 16.5. The van der Waals surface area contributed by atoms with Gasteiger partial charge in [-0.2, -0.15) is 0 Å². The predicted octanol–water partition coefficient (Wildman–Crippen LogP) is 9.43. The van der Waals surface area contributed by atoms with E-state index < -0.39 is 0 Å². The van der Waals surface area contributed by atoms with Gasteiger partial charge in [0.2, 0.25) is 0 Å². The van der Waals surface area contributed by atoms with E-state index in [4.69, 9.17) is 4.74 Å². The zero-order valence-corrected chi connectivity index (χ0v) is 23.4. The molecular weight excluding hydrogens is 440 g/mol. The van der Waals surface area contributed by atoms with Crippen LogP contribution in [0.5, 0.6) is 0 Å². The summed E-state index contributed by atoms with van der Waals surface area (Å²) in [6, 6.07) is 10.8. The van der Waals surface area contributed by atoms with E-state index in [1.165, 1.54) is 127 Å². The average molecular weight is 495 g/mol. The molecule has 2 aliphatic heterocycles. The fourth-order valence-corrected chi connectivity index (χ4v) is 5.75. The van der Waals surface area contributed by atoms with Gasteiger partial charge in [0, 0.05) is 24.7 Å². The Morgan fingerprint density at radius 1 is 0.806 bits per heavy atom. The van der Waals surface area contributed by atoms with Gasteiger partial charge in [0.15, 0.2) is 5.90 Å². The SMILES string of the molecule is CCCCCCCCCCCCCCCCCCN1CCC(C2=NCCO2)CC1=Cc1ccccc1. The lowest BCUT2D eigenvalue weighted by Gasteiger charge is -2.36. The van der Waals surface area contributed by atoms with Crippen molar-refractivity contribution in [3.8, 4) is 0 Å². The van der Waals surface area contributed by atoms with Crippen molar-refractivity contribution in [2.75, 3.05) is 26.2 Å². The highest BCUT2D eigenvalue weighted by Gasteiger charge is 2.28. The van der Waals surface area contributed by atoms with Gasteiger partial charge in [-0.15, -0.1) is 0 Å². The minimum atomic E-state index is 0.463. The molecule has 2 aliphatic rings. The molecule has 0 saturated carbocycles. The molecule has 1 aromatic rings. The third kappa shape index (κ3) is 11.5. The predicted molar refractivity (Wildman–Crippen MR) is 157 cm³/mol. The number of nitrogens with zero attached hydrogens (tertiary/aromatic N) is 2. The molecule has 1 atom stereocenters. The highest BCUT2D eigenvalue weighted by Crippen LogP contribution is 2.30. The summed E-state index contributed by atoms with van der Waals surface area (Å²) >= 11 is 0. The summed E-state index contributed by atoms with van der Waals surface area (Å²) < 4.78 is 5.82. The molecule has 2 heterocycles. The highest BCUT2D eigenvalue weighted by molar-refractivity contribution is 5.80. The van der Waals surface area contributed by atoms with Gasteiger partial charge in [-0.3, -0.25) is 4.99 Å². The lowest BCUT2D eigenvalue weighted by Crippen LogP contribution is -2.35. The Bertz CT molecular complexity index is 741. The van der Waals surface area contributed by atoms with Crippen LogP contribution in [0.4, 0.5) is 0 Å². The molecule has 1 unspecified atom stereocenters. The van der Waals surface area contributed by atoms with Crippen molar-refractivity contribution < 1.29 is 4.74 Å². The first kappa shape index (κ1) is 28.8. The van der Waals surface area contributed by atoms with Crippen molar-refractivity contribution in [2.24, 2.45) is 10.9 Å². The van der Waals surface area contributed by atoms with Gasteiger partial charge in [0.05, 0.1) is 6.54 Å². The lowest BCUT2D eigenvalue weighted by atomic mass is 9.92. The summed E-state index contributed by atoms with van der Waals surface area (Å²) in [5.41, 5.74) is 2.77. The molecule has 0 aliphatic carbocycles. The molecule has 0 spiro atoms. The van der Waals surface area contributed by atoms with Crippen molar-refractivity contribution >= 4 is 12.0 Å². The molecule has 3 rings (SSSR count). The Kier molecular flexibility index (Phi) is 14.8. The molecular formula is C33H54N2O. The van der Waals surface area contributed by atoms with E-state index in [1.807, 2.05) is 0 Å². The molecule has 1 saturated heterocycles. The van der Waals surface area contributed by atoms with Crippen LogP contribution in [0.3, 0.4) is 0 Å². The van der Waals surface area contributed by atoms with E-state index in [9.17, 15) is 0 Å². The number of aliphatic imine (C=N–C) groups is 1. The van der Waals surface area contributed by atoms with E-state index in [0.717, 1.165) is 32.0 Å². The molecule has 0 bridgehead atoms. The standard InChI is InChI=1S/C33H54N2O/c1-2-3-4-5-6-7-8-9-10-11-12-13-14-15-16-20-25-35-26-23-31(33-34-24-27-36-33)29-32(35)28-30-21-18-17-19-22-30/h17-19,21-22,28,31H,2-16,20,23-27,29H2,1H3. The van der Waals surface area contributed by atoms with Gasteiger partial charge >= 0.3 is 0 Å². The second kappa shape index (κ2) is 18.5. The van der Waals surface area contributed by atoms with E-state index in [2.05, 4.69) is 53.2 Å². The van der Waals surface area contributed by atoms with Crippen LogP contribution in [0, 0.1) is 5.92 Å². The van der Waals surface area contributed by atoms with Crippen molar-refractivity contribution in [1.82, 2.24) is 4.90 Å². The monoisotopic (exact) mass is 494 g/mol. The number of hydrogen-bond donors (Lipinski definition) is 0. The van der Waals surface area contributed by atoms with Crippen LogP contribution < -0.4 is 0 Å². The summed E-state index contributed by atoms with van der Waals surface area (Å²) in [5.74, 6) is 1.47. The molecule has 1 aromatic carbocycles. The summed E-state index contributed by atoms with van der Waals surface area (Å²) in [6.07, 6.45) is 27.5. The number of ether oxygens (including phenoxy) is 1. The van der Waals surface area contributed by atoms with Crippen molar-refractivity contribution in [1.29, 1.82) is 0 Å². The topological polar surface area (TPSA) is 24.8 Å². The average Bonchev–Trinajstić information content (AvgIpc) is 3.45. The van der Waals surface area contributed by atoms with Gasteiger partial charge in [-0.05, 0) is 30.9 Å². The van der Waals surface area contributed by atoms with Crippen LogP contribution in [-0.4, -0.2) is 37.0 Å². The Balaban J connectivity index is 1.24. The molecule has 3 nitrogen and oxygen atoms in total. The maximum Gasteiger partial charge on any atom is 0.187 e. The van der Waals surface area contributed by atoms with Gasteiger partial charge in [0.25, 0.3) is 0 Å². The maximum absolute atomic E-state index is 5.82. The third-order valence-electron chi connectivity index (χ3n) is 7.98. The van der Waals surface area contributed by atoms with Crippen molar-refractivity contribution in [2.45, 2.75) is 122 Å². The molecule has 0 radical (unpaired) electrons. The number of piperidine rings is 1. The maximum atomic E-state index is 5.82. The number of rotatable bonds is 19. The Morgan fingerprint density at radius 3 is 1.94 bits per heavy atom. The van der Waals surface area contributed by atoms with Gasteiger partial charge in [0.1, 0.15) is 6.61 Å².